The van der Waals surface area contributed by atoms with Crippen molar-refractivity contribution in [2.24, 2.45) is 7.05 Å². The van der Waals surface area contributed by atoms with Crippen LogP contribution in [0.4, 0.5) is 18.0 Å². The summed E-state index contributed by atoms with van der Waals surface area (Å²) in [6.07, 6.45) is 1.44. The van der Waals surface area contributed by atoms with Crippen molar-refractivity contribution in [2.45, 2.75) is 38.4 Å². The van der Waals surface area contributed by atoms with E-state index in [2.05, 4.69) is 11.4 Å². The highest BCUT2D eigenvalue weighted by Crippen LogP contribution is 2.31. The molecule has 0 aliphatic heterocycles. The summed E-state index contributed by atoms with van der Waals surface area (Å²) in [6.45, 7) is 1.60. The lowest BCUT2D eigenvalue weighted by atomic mass is 9.93. The second kappa shape index (κ2) is 9.37. The van der Waals surface area contributed by atoms with Crippen molar-refractivity contribution in [3.63, 3.8) is 0 Å². The van der Waals surface area contributed by atoms with Crippen LogP contribution in [-0.2, 0) is 13.2 Å². The molecule has 0 atom stereocenters. The van der Waals surface area contributed by atoms with Crippen molar-refractivity contribution in [3.05, 3.63) is 88.2 Å². The fraction of sp³-hybridized carbons (Fsp3) is 0.259. The molecule has 38 heavy (non-hydrogen) atoms. The summed E-state index contributed by atoms with van der Waals surface area (Å²) in [4.78, 5) is 27.2. The second-order valence-corrected chi connectivity index (χ2v) is 9.27. The highest BCUT2D eigenvalue weighted by Gasteiger charge is 2.35. The number of carbonyl (C=O) groups excluding carboxylic acids is 1. The summed E-state index contributed by atoms with van der Waals surface area (Å²) in [5, 5.41) is 12.0. The van der Waals surface area contributed by atoms with E-state index in [1.54, 1.807) is 59.8 Å². The van der Waals surface area contributed by atoms with Crippen molar-refractivity contribution < 1.29 is 22.5 Å². The Morgan fingerprint density at radius 1 is 1.13 bits per heavy atom. The zero-order valence-electron chi connectivity index (χ0n) is 20.7. The molecule has 2 aromatic carbocycles. The predicted molar refractivity (Wildman–Crippen MR) is 132 cm³/mol. The van der Waals surface area contributed by atoms with Crippen LogP contribution in [-0.4, -0.2) is 25.8 Å². The van der Waals surface area contributed by atoms with Crippen molar-refractivity contribution in [2.75, 3.05) is 0 Å². The number of hydrogen-bond donors (Lipinski definition) is 1. The minimum absolute atomic E-state index is 0.00194. The maximum atomic E-state index is 13.8. The van der Waals surface area contributed by atoms with Gasteiger partial charge < -0.3 is 5.32 Å². The quantitative estimate of drug-likeness (QED) is 0.408. The maximum Gasteiger partial charge on any atom is 0.416 e. The third-order valence-electron chi connectivity index (χ3n) is 6.84. The van der Waals surface area contributed by atoms with Crippen molar-refractivity contribution in [1.82, 2.24) is 19.0 Å². The number of imidazole rings is 2. The first-order chi connectivity index (χ1) is 18.1. The number of amides is 1. The fourth-order valence-corrected chi connectivity index (χ4v) is 4.64. The number of rotatable bonds is 4. The third kappa shape index (κ3) is 4.28. The summed E-state index contributed by atoms with van der Waals surface area (Å²) in [5.41, 5.74) is -0.0109. The Morgan fingerprint density at radius 2 is 1.84 bits per heavy atom. The van der Waals surface area contributed by atoms with Gasteiger partial charge in [-0.15, -0.1) is 0 Å². The summed E-state index contributed by atoms with van der Waals surface area (Å²) in [5.74, 6) is 0.457. The van der Waals surface area contributed by atoms with Crippen LogP contribution in [0, 0.1) is 18.3 Å². The molecule has 1 N–H and O–H groups in total. The molecular formula is C27H24F3N6O2+. The molecule has 1 fully saturated rings. The lowest BCUT2D eigenvalue weighted by Crippen LogP contribution is -2.45. The molecular weight excluding hydrogens is 497 g/mol. The molecule has 5 rings (SSSR count). The molecule has 194 valence electrons. The molecule has 0 radical (unpaired) electrons. The molecule has 1 aliphatic carbocycles. The van der Waals surface area contributed by atoms with Gasteiger partial charge >= 0.3 is 23.7 Å². The minimum atomic E-state index is -4.60. The number of hydrogen-bond acceptors (Lipinski definition) is 3. The Labute approximate surface area is 215 Å². The summed E-state index contributed by atoms with van der Waals surface area (Å²) < 4.78 is 46.0. The molecule has 2 heterocycles. The average Bonchev–Trinajstić information content (AvgIpc) is 3.36. The first-order valence-corrected chi connectivity index (χ1v) is 12.0. The Bertz CT molecular complexity index is 1630. The molecule has 0 saturated heterocycles. The number of carbonyl (C=O) groups is 1. The van der Waals surface area contributed by atoms with Gasteiger partial charge in [0.2, 0.25) is 0 Å². The Balaban J connectivity index is 1.75. The van der Waals surface area contributed by atoms with Gasteiger partial charge in [-0.25, -0.2) is 18.7 Å². The largest absolute Gasteiger partial charge is 0.416 e. The van der Waals surface area contributed by atoms with E-state index >= 15 is 0 Å². The van der Waals surface area contributed by atoms with Crippen LogP contribution in [0.15, 0.2) is 65.7 Å². The summed E-state index contributed by atoms with van der Waals surface area (Å²) in [7, 11) is 1.75. The van der Waals surface area contributed by atoms with Gasteiger partial charge in [0, 0.05) is 6.04 Å². The molecule has 0 bridgehead atoms. The minimum Gasteiger partial charge on any atom is -0.335 e. The van der Waals surface area contributed by atoms with Crippen LogP contribution in [0.3, 0.4) is 0 Å². The zero-order chi connectivity index (χ0) is 27.2. The molecule has 11 heteroatoms. The van der Waals surface area contributed by atoms with E-state index in [4.69, 9.17) is 5.26 Å². The smallest absolute Gasteiger partial charge is 0.335 e. The summed E-state index contributed by atoms with van der Waals surface area (Å²) >= 11 is 0. The van der Waals surface area contributed by atoms with Crippen LogP contribution in [0.25, 0.3) is 22.9 Å². The number of aromatic nitrogens is 4. The van der Waals surface area contributed by atoms with Crippen LogP contribution in [0.2, 0.25) is 0 Å². The standard InChI is InChI=1S/C27H23F3N6O2/c1-17-23(24-33(2)13-14-34(24)21-11-9-18(16-31)10-12-21)36(25(37)32-20-6-4-7-20)26(38)35(17)22-8-3-5-19(15-22)27(28,29)30/h3,5,8-15,20H,4,6-7H2,1-2H3/p+1. The van der Waals surface area contributed by atoms with Crippen LogP contribution < -0.4 is 15.6 Å². The number of aryl methyl sites for hydroxylation is 1. The Morgan fingerprint density at radius 3 is 2.45 bits per heavy atom. The normalized spacial score (nSPS) is 13.7. The van der Waals surface area contributed by atoms with Gasteiger partial charge in [0.15, 0.2) is 5.69 Å². The van der Waals surface area contributed by atoms with E-state index in [-0.39, 0.29) is 17.4 Å². The van der Waals surface area contributed by atoms with Gasteiger partial charge in [-0.1, -0.05) is 6.07 Å². The van der Waals surface area contributed by atoms with Gasteiger partial charge in [0.05, 0.1) is 35.6 Å². The van der Waals surface area contributed by atoms with E-state index < -0.39 is 23.5 Å². The molecule has 1 amide bonds. The number of benzene rings is 2. The van der Waals surface area contributed by atoms with Gasteiger partial charge in [-0.3, -0.25) is 4.57 Å². The molecule has 4 aromatic rings. The van der Waals surface area contributed by atoms with E-state index in [1.807, 2.05) is 0 Å². The molecule has 1 aliphatic rings. The topological polar surface area (TPSA) is 88.6 Å². The van der Waals surface area contributed by atoms with Gasteiger partial charge in [-0.2, -0.15) is 23.0 Å². The van der Waals surface area contributed by atoms with Crippen LogP contribution in [0.5, 0.6) is 0 Å². The number of nitrogens with zero attached hydrogens (tertiary/aromatic N) is 5. The molecule has 1 saturated carbocycles. The zero-order valence-corrected chi connectivity index (χ0v) is 20.7. The monoisotopic (exact) mass is 521 g/mol. The molecule has 0 unspecified atom stereocenters. The Hall–Kier alpha value is -4.59. The third-order valence-corrected chi connectivity index (χ3v) is 6.84. The number of nitrogens with one attached hydrogen (secondary N) is 1. The van der Waals surface area contributed by atoms with Crippen LogP contribution in [0.1, 0.15) is 36.1 Å². The average molecular weight is 522 g/mol. The molecule has 2 aromatic heterocycles. The Kier molecular flexibility index (Phi) is 6.18. The highest BCUT2D eigenvalue weighted by atomic mass is 19.4. The first kappa shape index (κ1) is 25.1. The lowest BCUT2D eigenvalue weighted by molar-refractivity contribution is -0.659. The SMILES string of the molecule is Cc1c(-c2n(-c3ccc(C#N)cc3)cc[n+]2C)n(C(=O)NC2CCC2)c(=O)n1-c1cccc(C(F)(F)F)c1. The van der Waals surface area contributed by atoms with Crippen molar-refractivity contribution in [3.8, 4) is 29.0 Å². The van der Waals surface area contributed by atoms with Gasteiger partial charge in [0.1, 0.15) is 18.1 Å². The predicted octanol–water partition coefficient (Wildman–Crippen LogP) is 4.23. The van der Waals surface area contributed by atoms with Crippen LogP contribution >= 0.6 is 0 Å². The lowest BCUT2D eigenvalue weighted by Gasteiger charge is -2.26. The van der Waals surface area contributed by atoms with E-state index in [0.29, 0.717) is 22.8 Å². The first-order valence-electron chi connectivity index (χ1n) is 12.0. The highest BCUT2D eigenvalue weighted by molar-refractivity contribution is 5.82. The fourth-order valence-electron chi connectivity index (χ4n) is 4.64. The number of nitriles is 1. The van der Waals surface area contributed by atoms with Crippen molar-refractivity contribution >= 4 is 6.03 Å². The van der Waals surface area contributed by atoms with E-state index in [1.165, 1.54) is 12.1 Å². The second-order valence-electron chi connectivity index (χ2n) is 9.27. The van der Waals surface area contributed by atoms with E-state index in [0.717, 1.165) is 40.5 Å². The van der Waals surface area contributed by atoms with Gasteiger partial charge in [-0.05, 0) is 68.7 Å². The number of alkyl halides is 3. The summed E-state index contributed by atoms with van der Waals surface area (Å²) in [6, 6.07) is 12.6. The molecule has 0 spiro atoms. The van der Waals surface area contributed by atoms with E-state index in [9.17, 15) is 22.8 Å². The van der Waals surface area contributed by atoms with Crippen molar-refractivity contribution in [1.29, 1.82) is 5.26 Å². The van der Waals surface area contributed by atoms with Gasteiger partial charge in [0.25, 0.3) is 0 Å². The molecule has 8 nitrogen and oxygen atoms in total. The number of halogens is 3. The maximum absolute atomic E-state index is 13.8.